The molecule has 0 aliphatic heterocycles. The summed E-state index contributed by atoms with van der Waals surface area (Å²) in [6.07, 6.45) is 0.313. The van der Waals surface area contributed by atoms with Crippen molar-refractivity contribution in [1.82, 2.24) is 15.6 Å². The summed E-state index contributed by atoms with van der Waals surface area (Å²) in [5.41, 5.74) is 3.02. The molecule has 3 N–H and O–H groups in total. The number of nitrogens with one attached hydrogen (secondary N) is 3. The third-order valence-electron chi connectivity index (χ3n) is 3.99. The van der Waals surface area contributed by atoms with E-state index in [-0.39, 0.29) is 29.9 Å². The highest BCUT2D eigenvalue weighted by atomic mass is 127. The number of carbonyl (C=O) groups excluding carboxylic acids is 1. The number of halogens is 1. The van der Waals surface area contributed by atoms with Gasteiger partial charge in [-0.1, -0.05) is 18.2 Å². The zero-order valence-electron chi connectivity index (χ0n) is 17.4. The molecule has 0 aliphatic carbocycles. The molecule has 1 aromatic heterocycles. The van der Waals surface area contributed by atoms with Gasteiger partial charge in [0.2, 0.25) is 5.91 Å². The Morgan fingerprint density at radius 3 is 2.66 bits per heavy atom. The summed E-state index contributed by atoms with van der Waals surface area (Å²) < 4.78 is 5.43. The summed E-state index contributed by atoms with van der Waals surface area (Å²) in [7, 11) is 1.66. The number of guanidine groups is 1. The molecule has 0 bridgehead atoms. The predicted molar refractivity (Wildman–Crippen MR) is 128 cm³/mol. The first-order valence-corrected chi connectivity index (χ1v) is 9.41. The van der Waals surface area contributed by atoms with Gasteiger partial charge in [0.05, 0.1) is 13.7 Å². The maximum Gasteiger partial charge on any atom is 0.227 e. The van der Waals surface area contributed by atoms with E-state index in [0.29, 0.717) is 31.3 Å². The van der Waals surface area contributed by atoms with E-state index < -0.39 is 0 Å². The number of aliphatic imine (C=N–C) groups is 1. The first-order chi connectivity index (χ1) is 13.5. The van der Waals surface area contributed by atoms with Gasteiger partial charge < -0.3 is 20.7 Å². The number of ether oxygens (including phenoxy) is 1. The minimum absolute atomic E-state index is 0. The standard InChI is InChI=1S/C21H29N5O2.HI/c1-5-22-21(24-14-17-10-9-15(2)13-18(17)28-4)23-12-11-20(27)26-19-8-6-7-16(3)25-19;/h6-10,13H,5,11-12,14H2,1-4H3,(H2,22,23,24)(H,25,26,27);1H. The number of benzene rings is 1. The minimum atomic E-state index is -0.0957. The fourth-order valence-corrected chi connectivity index (χ4v) is 2.60. The monoisotopic (exact) mass is 511 g/mol. The topological polar surface area (TPSA) is 87.6 Å². The Hall–Kier alpha value is -2.36. The average Bonchev–Trinajstić information content (AvgIpc) is 2.66. The molecule has 0 fully saturated rings. The van der Waals surface area contributed by atoms with Crippen LogP contribution in [0.15, 0.2) is 41.4 Å². The molecule has 2 rings (SSSR count). The van der Waals surface area contributed by atoms with E-state index in [1.165, 1.54) is 0 Å². The first kappa shape index (κ1) is 24.7. The quantitative estimate of drug-likeness (QED) is 0.287. The second kappa shape index (κ2) is 13.0. The van der Waals surface area contributed by atoms with E-state index in [1.54, 1.807) is 13.2 Å². The number of hydrogen-bond donors (Lipinski definition) is 3. The molecule has 0 saturated heterocycles. The highest BCUT2D eigenvalue weighted by molar-refractivity contribution is 14.0. The van der Waals surface area contributed by atoms with Gasteiger partial charge in [-0.25, -0.2) is 9.98 Å². The van der Waals surface area contributed by atoms with E-state index >= 15 is 0 Å². The maximum absolute atomic E-state index is 12.1. The van der Waals surface area contributed by atoms with E-state index in [9.17, 15) is 4.79 Å². The molecular formula is C21H30IN5O2. The Balaban J connectivity index is 0.00000420. The molecule has 158 valence electrons. The van der Waals surface area contributed by atoms with Crippen LogP contribution in [0.5, 0.6) is 5.75 Å². The van der Waals surface area contributed by atoms with Crippen LogP contribution in [-0.2, 0) is 11.3 Å². The largest absolute Gasteiger partial charge is 0.496 e. The third kappa shape index (κ3) is 8.68. The molecule has 1 heterocycles. The van der Waals surface area contributed by atoms with E-state index in [2.05, 4.69) is 25.9 Å². The summed E-state index contributed by atoms with van der Waals surface area (Å²) in [6, 6.07) is 11.6. The fraction of sp³-hybridized carbons (Fsp3) is 0.381. The number of anilines is 1. The second-order valence-corrected chi connectivity index (χ2v) is 6.40. The molecule has 8 heteroatoms. The van der Waals surface area contributed by atoms with E-state index in [0.717, 1.165) is 29.1 Å². The van der Waals surface area contributed by atoms with Gasteiger partial charge in [-0.3, -0.25) is 4.79 Å². The molecule has 0 aliphatic rings. The molecule has 29 heavy (non-hydrogen) atoms. The Morgan fingerprint density at radius 2 is 1.97 bits per heavy atom. The molecule has 2 aromatic rings. The van der Waals surface area contributed by atoms with Crippen molar-refractivity contribution in [3.8, 4) is 5.75 Å². The van der Waals surface area contributed by atoms with Gasteiger partial charge in [-0.05, 0) is 44.5 Å². The lowest BCUT2D eigenvalue weighted by atomic mass is 10.1. The molecule has 0 atom stereocenters. The average molecular weight is 511 g/mol. The predicted octanol–water partition coefficient (Wildman–Crippen LogP) is 3.41. The number of amides is 1. The van der Waals surface area contributed by atoms with Crippen LogP contribution in [0.1, 0.15) is 30.2 Å². The van der Waals surface area contributed by atoms with Crippen molar-refractivity contribution in [3.63, 3.8) is 0 Å². The summed E-state index contributed by atoms with van der Waals surface area (Å²) >= 11 is 0. The first-order valence-electron chi connectivity index (χ1n) is 9.41. The highest BCUT2D eigenvalue weighted by Gasteiger charge is 2.06. The number of aromatic nitrogens is 1. The fourth-order valence-electron chi connectivity index (χ4n) is 2.60. The Morgan fingerprint density at radius 1 is 1.17 bits per heavy atom. The number of hydrogen-bond acceptors (Lipinski definition) is 4. The summed E-state index contributed by atoms with van der Waals surface area (Å²) in [5.74, 6) is 1.95. The highest BCUT2D eigenvalue weighted by Crippen LogP contribution is 2.20. The lowest BCUT2D eigenvalue weighted by Crippen LogP contribution is -2.38. The van der Waals surface area contributed by atoms with Gasteiger partial charge in [0.15, 0.2) is 5.96 Å². The van der Waals surface area contributed by atoms with Gasteiger partial charge >= 0.3 is 0 Å². The van der Waals surface area contributed by atoms with Crippen LogP contribution in [-0.4, -0.2) is 37.1 Å². The number of methoxy groups -OCH3 is 1. The zero-order valence-corrected chi connectivity index (χ0v) is 19.7. The molecule has 0 unspecified atom stereocenters. The smallest absolute Gasteiger partial charge is 0.227 e. The Labute approximate surface area is 189 Å². The van der Waals surface area contributed by atoms with Crippen LogP contribution in [0.3, 0.4) is 0 Å². The number of nitrogens with zero attached hydrogens (tertiary/aromatic N) is 2. The van der Waals surface area contributed by atoms with E-state index in [1.807, 2.05) is 51.1 Å². The second-order valence-electron chi connectivity index (χ2n) is 6.40. The SMILES string of the molecule is CCNC(=NCc1ccc(C)cc1OC)NCCC(=O)Nc1cccc(C)n1.I. The normalized spacial score (nSPS) is 10.7. The van der Waals surface area contributed by atoms with Crippen LogP contribution in [0.4, 0.5) is 5.82 Å². The van der Waals surface area contributed by atoms with Crippen molar-refractivity contribution in [2.75, 3.05) is 25.5 Å². The summed E-state index contributed by atoms with van der Waals surface area (Å²) in [6.45, 7) is 7.60. The van der Waals surface area contributed by atoms with Crippen molar-refractivity contribution in [2.45, 2.75) is 33.7 Å². The lowest BCUT2D eigenvalue weighted by molar-refractivity contribution is -0.116. The van der Waals surface area contributed by atoms with Crippen LogP contribution < -0.4 is 20.7 Å². The maximum atomic E-state index is 12.1. The van der Waals surface area contributed by atoms with Crippen LogP contribution in [0.2, 0.25) is 0 Å². The van der Waals surface area contributed by atoms with E-state index in [4.69, 9.17) is 4.74 Å². The zero-order chi connectivity index (χ0) is 20.4. The molecule has 1 amide bonds. The lowest BCUT2D eigenvalue weighted by Gasteiger charge is -2.12. The minimum Gasteiger partial charge on any atom is -0.496 e. The van der Waals surface area contributed by atoms with Crippen LogP contribution in [0, 0.1) is 13.8 Å². The van der Waals surface area contributed by atoms with Crippen molar-refractivity contribution in [3.05, 3.63) is 53.2 Å². The molecule has 7 nitrogen and oxygen atoms in total. The summed E-state index contributed by atoms with van der Waals surface area (Å²) in [5, 5.41) is 9.17. The number of carbonyl (C=O) groups is 1. The van der Waals surface area contributed by atoms with Crippen molar-refractivity contribution in [2.24, 2.45) is 4.99 Å². The molecule has 0 radical (unpaired) electrons. The van der Waals surface area contributed by atoms with Crippen molar-refractivity contribution in [1.29, 1.82) is 0 Å². The summed E-state index contributed by atoms with van der Waals surface area (Å²) in [4.78, 5) is 20.9. The van der Waals surface area contributed by atoms with Crippen LogP contribution >= 0.6 is 24.0 Å². The number of aryl methyl sites for hydroxylation is 2. The van der Waals surface area contributed by atoms with Crippen molar-refractivity contribution >= 4 is 41.7 Å². The van der Waals surface area contributed by atoms with Gasteiger partial charge in [0, 0.05) is 30.8 Å². The van der Waals surface area contributed by atoms with Gasteiger partial charge in [-0.2, -0.15) is 0 Å². The molecule has 1 aromatic carbocycles. The Kier molecular flexibility index (Phi) is 11.0. The third-order valence-corrected chi connectivity index (χ3v) is 3.99. The van der Waals surface area contributed by atoms with Gasteiger partial charge in [-0.15, -0.1) is 24.0 Å². The molecule has 0 saturated carbocycles. The molecule has 0 spiro atoms. The van der Waals surface area contributed by atoms with Crippen molar-refractivity contribution < 1.29 is 9.53 Å². The number of rotatable bonds is 8. The number of pyridine rings is 1. The van der Waals surface area contributed by atoms with Crippen LogP contribution in [0.25, 0.3) is 0 Å². The Bertz CT molecular complexity index is 826. The van der Waals surface area contributed by atoms with Gasteiger partial charge in [0.1, 0.15) is 11.6 Å². The molecular weight excluding hydrogens is 481 g/mol. The van der Waals surface area contributed by atoms with Gasteiger partial charge in [0.25, 0.3) is 0 Å².